The smallest absolute Gasteiger partial charge is 0.360 e. The predicted molar refractivity (Wildman–Crippen MR) is 71.5 cm³/mol. The Balaban J connectivity index is 2.52. The molecule has 0 saturated heterocycles. The highest BCUT2D eigenvalue weighted by Gasteiger charge is 2.22. The number of nitrogen functional groups attached to an aromatic ring is 1. The van der Waals surface area contributed by atoms with Gasteiger partial charge in [0.25, 0.3) is 5.95 Å². The minimum Gasteiger partial charge on any atom is -0.461 e. The van der Waals surface area contributed by atoms with Crippen LogP contribution in [0.25, 0.3) is 5.95 Å². The minimum absolute atomic E-state index is 0.0613. The lowest BCUT2D eigenvalue weighted by Crippen LogP contribution is -2.12. The molecular weight excluding hydrogens is 260 g/mol. The van der Waals surface area contributed by atoms with Gasteiger partial charge in [0.05, 0.1) is 18.0 Å². The number of hydrogen-bond acceptors (Lipinski definition) is 7. The number of carbonyl (C=O) groups is 1. The molecule has 0 saturated carbocycles. The van der Waals surface area contributed by atoms with Gasteiger partial charge >= 0.3 is 5.97 Å². The van der Waals surface area contributed by atoms with Crippen molar-refractivity contribution < 1.29 is 9.53 Å². The first-order chi connectivity index (χ1) is 9.45. The van der Waals surface area contributed by atoms with E-state index in [9.17, 15) is 4.79 Å². The quantitative estimate of drug-likeness (QED) is 0.823. The van der Waals surface area contributed by atoms with Crippen molar-refractivity contribution in [2.75, 3.05) is 12.3 Å². The van der Waals surface area contributed by atoms with Crippen LogP contribution in [0.4, 0.5) is 5.82 Å². The summed E-state index contributed by atoms with van der Waals surface area (Å²) < 4.78 is 6.38. The van der Waals surface area contributed by atoms with Gasteiger partial charge in [-0.1, -0.05) is 0 Å². The maximum atomic E-state index is 11.7. The van der Waals surface area contributed by atoms with Crippen molar-refractivity contribution in [3.8, 4) is 5.95 Å². The number of esters is 1. The van der Waals surface area contributed by atoms with E-state index in [4.69, 9.17) is 10.5 Å². The van der Waals surface area contributed by atoms with Crippen LogP contribution in [0.15, 0.2) is 0 Å². The van der Waals surface area contributed by atoms with Crippen LogP contribution in [-0.2, 0) is 4.74 Å². The molecule has 0 atom stereocenters. The van der Waals surface area contributed by atoms with E-state index >= 15 is 0 Å². The third-order valence-electron chi connectivity index (χ3n) is 2.83. The molecule has 2 aromatic heterocycles. The SMILES string of the molecule is CCOC(=O)c1nc(C)n(-c2nnc(C)c(C)n2)c1N. The summed E-state index contributed by atoms with van der Waals surface area (Å²) in [5.74, 6) is 0.358. The van der Waals surface area contributed by atoms with Crippen LogP contribution in [0.3, 0.4) is 0 Å². The zero-order valence-electron chi connectivity index (χ0n) is 11.8. The van der Waals surface area contributed by atoms with Gasteiger partial charge in [-0.3, -0.25) is 0 Å². The predicted octanol–water partition coefficient (Wildman–Crippen LogP) is 0.741. The Morgan fingerprint density at radius 1 is 1.20 bits per heavy atom. The molecule has 20 heavy (non-hydrogen) atoms. The van der Waals surface area contributed by atoms with Gasteiger partial charge in [0, 0.05) is 0 Å². The summed E-state index contributed by atoms with van der Waals surface area (Å²) in [5, 5.41) is 7.97. The number of rotatable bonds is 3. The highest BCUT2D eigenvalue weighted by Crippen LogP contribution is 2.19. The summed E-state index contributed by atoms with van der Waals surface area (Å²) in [6, 6.07) is 0. The maximum absolute atomic E-state index is 11.7. The van der Waals surface area contributed by atoms with Crippen LogP contribution in [0.2, 0.25) is 0 Å². The van der Waals surface area contributed by atoms with Gasteiger partial charge in [-0.05, 0) is 27.7 Å². The first kappa shape index (κ1) is 13.9. The van der Waals surface area contributed by atoms with Gasteiger partial charge in [-0.25, -0.2) is 19.3 Å². The monoisotopic (exact) mass is 276 g/mol. The molecule has 0 fully saturated rings. The fraction of sp³-hybridized carbons (Fsp3) is 0.417. The zero-order valence-corrected chi connectivity index (χ0v) is 11.8. The minimum atomic E-state index is -0.566. The van der Waals surface area contributed by atoms with Crippen LogP contribution in [-0.4, -0.2) is 37.3 Å². The molecule has 2 aromatic rings. The Bertz CT molecular complexity index is 664. The largest absolute Gasteiger partial charge is 0.461 e. The Morgan fingerprint density at radius 3 is 2.50 bits per heavy atom. The third-order valence-corrected chi connectivity index (χ3v) is 2.83. The fourth-order valence-corrected chi connectivity index (χ4v) is 1.69. The Hall–Kier alpha value is -2.51. The number of imidazole rings is 1. The molecule has 0 aromatic carbocycles. The topological polar surface area (TPSA) is 109 Å². The molecule has 106 valence electrons. The second-order valence-electron chi connectivity index (χ2n) is 4.23. The standard InChI is InChI=1S/C12H16N6O2/c1-5-20-11(19)9-10(13)18(8(4)15-9)12-14-6(2)7(3)16-17-12/h5,13H2,1-4H3. The molecule has 8 nitrogen and oxygen atoms in total. The van der Waals surface area contributed by atoms with Crippen molar-refractivity contribution >= 4 is 11.8 Å². The average molecular weight is 276 g/mol. The van der Waals surface area contributed by atoms with Crippen molar-refractivity contribution in [1.29, 1.82) is 0 Å². The lowest BCUT2D eigenvalue weighted by molar-refractivity contribution is 0.0521. The number of hydrogen-bond donors (Lipinski definition) is 1. The first-order valence-corrected chi connectivity index (χ1v) is 6.16. The Kier molecular flexibility index (Phi) is 3.64. The van der Waals surface area contributed by atoms with Gasteiger partial charge in [-0.15, -0.1) is 5.10 Å². The molecular formula is C12H16N6O2. The second kappa shape index (κ2) is 5.24. The lowest BCUT2D eigenvalue weighted by atomic mass is 10.4. The van der Waals surface area contributed by atoms with Crippen LogP contribution in [0, 0.1) is 20.8 Å². The van der Waals surface area contributed by atoms with E-state index in [2.05, 4.69) is 20.2 Å². The van der Waals surface area contributed by atoms with Crippen LogP contribution >= 0.6 is 0 Å². The number of aryl methyl sites for hydroxylation is 3. The molecule has 0 aliphatic rings. The van der Waals surface area contributed by atoms with Gasteiger partial charge in [0.1, 0.15) is 11.6 Å². The van der Waals surface area contributed by atoms with E-state index in [1.807, 2.05) is 13.8 Å². The average Bonchev–Trinajstić information content (AvgIpc) is 2.69. The number of nitrogens with zero attached hydrogens (tertiary/aromatic N) is 5. The summed E-state index contributed by atoms with van der Waals surface area (Å²) in [5.41, 5.74) is 7.48. The van der Waals surface area contributed by atoms with Gasteiger partial charge in [0.2, 0.25) is 0 Å². The van der Waals surface area contributed by atoms with Gasteiger partial charge in [0.15, 0.2) is 5.69 Å². The van der Waals surface area contributed by atoms with Gasteiger partial charge < -0.3 is 10.5 Å². The molecule has 0 aliphatic carbocycles. The molecule has 8 heteroatoms. The number of ether oxygens (including phenoxy) is 1. The summed E-state index contributed by atoms with van der Waals surface area (Å²) in [6.07, 6.45) is 0. The van der Waals surface area contributed by atoms with Crippen molar-refractivity contribution in [1.82, 2.24) is 24.7 Å². The van der Waals surface area contributed by atoms with E-state index in [1.54, 1.807) is 13.8 Å². The van der Waals surface area contributed by atoms with E-state index in [-0.39, 0.29) is 24.1 Å². The van der Waals surface area contributed by atoms with Crippen molar-refractivity contribution in [2.45, 2.75) is 27.7 Å². The normalized spacial score (nSPS) is 10.6. The molecule has 0 aliphatic heterocycles. The highest BCUT2D eigenvalue weighted by atomic mass is 16.5. The Labute approximate surface area is 116 Å². The lowest BCUT2D eigenvalue weighted by Gasteiger charge is -2.06. The zero-order chi connectivity index (χ0) is 14.9. The number of anilines is 1. The van der Waals surface area contributed by atoms with Crippen LogP contribution < -0.4 is 5.73 Å². The van der Waals surface area contributed by atoms with Crippen LogP contribution in [0.5, 0.6) is 0 Å². The van der Waals surface area contributed by atoms with E-state index in [0.717, 1.165) is 11.4 Å². The number of nitrogens with two attached hydrogens (primary N) is 1. The first-order valence-electron chi connectivity index (χ1n) is 6.16. The van der Waals surface area contributed by atoms with E-state index in [0.29, 0.717) is 5.82 Å². The number of carbonyl (C=O) groups excluding carboxylic acids is 1. The fourth-order valence-electron chi connectivity index (χ4n) is 1.69. The molecule has 2 rings (SSSR count). The van der Waals surface area contributed by atoms with Gasteiger partial charge in [-0.2, -0.15) is 5.10 Å². The molecule has 0 bridgehead atoms. The van der Waals surface area contributed by atoms with Crippen LogP contribution in [0.1, 0.15) is 34.6 Å². The summed E-state index contributed by atoms with van der Waals surface area (Å²) in [6.45, 7) is 7.31. The molecule has 0 unspecified atom stereocenters. The summed E-state index contributed by atoms with van der Waals surface area (Å²) in [4.78, 5) is 20.2. The number of aromatic nitrogens is 5. The Morgan fingerprint density at radius 2 is 1.90 bits per heavy atom. The summed E-state index contributed by atoms with van der Waals surface area (Å²) >= 11 is 0. The second-order valence-corrected chi connectivity index (χ2v) is 4.23. The van der Waals surface area contributed by atoms with Crippen molar-refractivity contribution in [3.63, 3.8) is 0 Å². The molecule has 0 radical (unpaired) electrons. The summed E-state index contributed by atoms with van der Waals surface area (Å²) in [7, 11) is 0. The molecule has 2 heterocycles. The van der Waals surface area contributed by atoms with E-state index in [1.165, 1.54) is 4.57 Å². The molecule has 2 N–H and O–H groups in total. The molecule has 0 amide bonds. The highest BCUT2D eigenvalue weighted by molar-refractivity contribution is 5.92. The third kappa shape index (κ3) is 2.31. The van der Waals surface area contributed by atoms with Crippen molar-refractivity contribution in [2.24, 2.45) is 0 Å². The van der Waals surface area contributed by atoms with E-state index < -0.39 is 5.97 Å². The van der Waals surface area contributed by atoms with Crippen molar-refractivity contribution in [3.05, 3.63) is 22.9 Å². The molecule has 0 spiro atoms. The maximum Gasteiger partial charge on any atom is 0.360 e.